The maximum absolute atomic E-state index is 10.5. The van der Waals surface area contributed by atoms with E-state index in [-0.39, 0.29) is 0 Å². The summed E-state index contributed by atoms with van der Waals surface area (Å²) in [5.41, 5.74) is 2.06. The fourth-order valence-corrected chi connectivity index (χ4v) is 3.37. The average molecular weight is 203 g/mol. The van der Waals surface area contributed by atoms with Crippen molar-refractivity contribution in [3.8, 4) is 0 Å². The van der Waals surface area contributed by atoms with Crippen LogP contribution in [0.2, 0.25) is 0 Å². The van der Waals surface area contributed by atoms with E-state index in [1.165, 1.54) is 5.56 Å². The third-order valence-electron chi connectivity index (χ3n) is 4.01. The molecule has 1 saturated carbocycles. The van der Waals surface area contributed by atoms with Crippen molar-refractivity contribution in [1.82, 2.24) is 4.98 Å². The summed E-state index contributed by atoms with van der Waals surface area (Å²) >= 11 is 0. The Morgan fingerprint density at radius 3 is 3.00 bits per heavy atom. The first-order valence-corrected chi connectivity index (χ1v) is 5.85. The van der Waals surface area contributed by atoms with Gasteiger partial charge in [-0.1, -0.05) is 13.0 Å². The molecule has 1 N–H and O–H groups in total. The SMILES string of the molecule is CC1CC(O)(C2CCc3cccnc32)C1. The third-order valence-corrected chi connectivity index (χ3v) is 4.01. The molecule has 2 aliphatic rings. The van der Waals surface area contributed by atoms with E-state index in [9.17, 15) is 5.11 Å². The van der Waals surface area contributed by atoms with E-state index in [1.807, 2.05) is 12.3 Å². The first kappa shape index (κ1) is 9.34. The number of pyridine rings is 1. The Morgan fingerprint density at radius 1 is 1.47 bits per heavy atom. The molecule has 2 aliphatic carbocycles. The van der Waals surface area contributed by atoms with Crippen molar-refractivity contribution in [3.05, 3.63) is 29.6 Å². The standard InChI is InChI=1S/C13H17NO/c1-9-7-13(15,8-9)11-5-4-10-3-2-6-14-12(10)11/h2-3,6,9,11,15H,4-5,7-8H2,1H3. The van der Waals surface area contributed by atoms with Crippen LogP contribution in [0.3, 0.4) is 0 Å². The molecule has 0 aliphatic heterocycles. The van der Waals surface area contributed by atoms with E-state index < -0.39 is 5.60 Å². The van der Waals surface area contributed by atoms with Crippen molar-refractivity contribution >= 4 is 0 Å². The highest BCUT2D eigenvalue weighted by molar-refractivity contribution is 5.32. The van der Waals surface area contributed by atoms with Crippen LogP contribution in [0.5, 0.6) is 0 Å². The summed E-state index contributed by atoms with van der Waals surface area (Å²) in [6.45, 7) is 2.21. The van der Waals surface area contributed by atoms with Crippen LogP contribution in [-0.2, 0) is 6.42 Å². The molecule has 3 rings (SSSR count). The van der Waals surface area contributed by atoms with Crippen LogP contribution in [0.25, 0.3) is 0 Å². The number of aryl methyl sites for hydroxylation is 1. The molecule has 1 fully saturated rings. The van der Waals surface area contributed by atoms with Gasteiger partial charge in [0.2, 0.25) is 0 Å². The number of aliphatic hydroxyl groups is 1. The van der Waals surface area contributed by atoms with Gasteiger partial charge in [-0.25, -0.2) is 0 Å². The number of fused-ring (bicyclic) bond motifs is 1. The van der Waals surface area contributed by atoms with Crippen molar-refractivity contribution in [2.75, 3.05) is 0 Å². The Morgan fingerprint density at radius 2 is 2.27 bits per heavy atom. The molecule has 2 heteroatoms. The molecular formula is C13H17NO. The van der Waals surface area contributed by atoms with Crippen LogP contribution in [0.15, 0.2) is 18.3 Å². The lowest BCUT2D eigenvalue weighted by molar-refractivity contribution is -0.0894. The van der Waals surface area contributed by atoms with E-state index in [0.717, 1.165) is 31.4 Å². The second-order valence-electron chi connectivity index (χ2n) is 5.26. The molecule has 15 heavy (non-hydrogen) atoms. The van der Waals surface area contributed by atoms with E-state index in [1.54, 1.807) is 0 Å². The lowest BCUT2D eigenvalue weighted by Gasteiger charge is -2.46. The smallest absolute Gasteiger partial charge is 0.0736 e. The molecule has 0 bridgehead atoms. The average Bonchev–Trinajstić information content (AvgIpc) is 2.59. The molecule has 1 atom stereocenters. The van der Waals surface area contributed by atoms with Crippen molar-refractivity contribution in [1.29, 1.82) is 0 Å². The maximum Gasteiger partial charge on any atom is 0.0736 e. The van der Waals surface area contributed by atoms with Gasteiger partial charge in [-0.3, -0.25) is 4.98 Å². The summed E-state index contributed by atoms with van der Waals surface area (Å²) < 4.78 is 0. The highest BCUT2D eigenvalue weighted by Gasteiger charge is 2.49. The molecule has 2 nitrogen and oxygen atoms in total. The Labute approximate surface area is 90.4 Å². The van der Waals surface area contributed by atoms with Crippen molar-refractivity contribution in [2.45, 2.75) is 44.1 Å². The zero-order valence-electron chi connectivity index (χ0n) is 9.11. The number of rotatable bonds is 1. The molecule has 1 aromatic heterocycles. The quantitative estimate of drug-likeness (QED) is 0.759. The van der Waals surface area contributed by atoms with Gasteiger partial charge in [-0.05, 0) is 43.2 Å². The van der Waals surface area contributed by atoms with E-state index in [2.05, 4.69) is 18.0 Å². The summed E-state index contributed by atoms with van der Waals surface area (Å²) in [5, 5.41) is 10.5. The highest BCUT2D eigenvalue weighted by atomic mass is 16.3. The molecule has 1 aromatic rings. The van der Waals surface area contributed by atoms with Crippen LogP contribution in [-0.4, -0.2) is 15.7 Å². The minimum atomic E-state index is -0.445. The summed E-state index contributed by atoms with van der Waals surface area (Å²) in [5.74, 6) is 0.979. The number of aromatic nitrogens is 1. The molecule has 1 heterocycles. The normalized spacial score (nSPS) is 38.5. The van der Waals surface area contributed by atoms with Gasteiger partial charge in [0.15, 0.2) is 0 Å². The van der Waals surface area contributed by atoms with Crippen molar-refractivity contribution in [2.24, 2.45) is 5.92 Å². The maximum atomic E-state index is 10.5. The first-order valence-electron chi connectivity index (χ1n) is 5.85. The lowest BCUT2D eigenvalue weighted by Crippen LogP contribution is -2.47. The number of hydrogen-bond donors (Lipinski definition) is 1. The molecule has 0 radical (unpaired) electrons. The zero-order chi connectivity index (χ0) is 10.5. The molecule has 1 unspecified atom stereocenters. The third kappa shape index (κ3) is 1.31. The van der Waals surface area contributed by atoms with Gasteiger partial charge in [0.1, 0.15) is 0 Å². The molecule has 0 aromatic carbocycles. The minimum absolute atomic E-state index is 0.296. The van der Waals surface area contributed by atoms with E-state index in [0.29, 0.717) is 11.8 Å². The number of nitrogens with zero attached hydrogens (tertiary/aromatic N) is 1. The van der Waals surface area contributed by atoms with Gasteiger partial charge < -0.3 is 5.11 Å². The van der Waals surface area contributed by atoms with Crippen LogP contribution >= 0.6 is 0 Å². The second kappa shape index (κ2) is 3.05. The van der Waals surface area contributed by atoms with Crippen LogP contribution < -0.4 is 0 Å². The van der Waals surface area contributed by atoms with Gasteiger partial charge in [0.05, 0.1) is 5.60 Å². The van der Waals surface area contributed by atoms with Crippen LogP contribution in [0.4, 0.5) is 0 Å². The summed E-state index contributed by atoms with van der Waals surface area (Å²) in [6.07, 6.45) is 5.92. The molecule has 0 saturated heterocycles. The Bertz CT molecular complexity index is 382. The van der Waals surface area contributed by atoms with Crippen LogP contribution in [0, 0.1) is 5.92 Å². The first-order chi connectivity index (χ1) is 7.19. The highest BCUT2D eigenvalue weighted by Crippen LogP contribution is 2.51. The Balaban J connectivity index is 1.91. The molecule has 0 spiro atoms. The fraction of sp³-hybridized carbons (Fsp3) is 0.615. The summed E-state index contributed by atoms with van der Waals surface area (Å²) in [4.78, 5) is 4.45. The second-order valence-corrected chi connectivity index (χ2v) is 5.26. The molecule has 80 valence electrons. The van der Waals surface area contributed by atoms with Gasteiger partial charge in [-0.2, -0.15) is 0 Å². The lowest BCUT2D eigenvalue weighted by atomic mass is 9.64. The largest absolute Gasteiger partial charge is 0.389 e. The monoisotopic (exact) mass is 203 g/mol. The van der Waals surface area contributed by atoms with Gasteiger partial charge in [-0.15, -0.1) is 0 Å². The van der Waals surface area contributed by atoms with Crippen LogP contribution in [0.1, 0.15) is 43.4 Å². The predicted octanol–water partition coefficient (Wildman–Crippen LogP) is 2.27. The zero-order valence-corrected chi connectivity index (χ0v) is 9.11. The topological polar surface area (TPSA) is 33.1 Å². The van der Waals surface area contributed by atoms with E-state index in [4.69, 9.17) is 0 Å². The predicted molar refractivity (Wildman–Crippen MR) is 58.6 cm³/mol. The van der Waals surface area contributed by atoms with Gasteiger partial charge >= 0.3 is 0 Å². The summed E-state index contributed by atoms with van der Waals surface area (Å²) in [6, 6.07) is 4.14. The molecular weight excluding hydrogens is 186 g/mol. The number of hydrogen-bond acceptors (Lipinski definition) is 2. The minimum Gasteiger partial charge on any atom is -0.389 e. The van der Waals surface area contributed by atoms with Crippen molar-refractivity contribution < 1.29 is 5.11 Å². The van der Waals surface area contributed by atoms with Gasteiger partial charge in [0, 0.05) is 17.8 Å². The van der Waals surface area contributed by atoms with Gasteiger partial charge in [0.25, 0.3) is 0 Å². The van der Waals surface area contributed by atoms with E-state index >= 15 is 0 Å². The Kier molecular flexibility index (Phi) is 1.90. The summed E-state index contributed by atoms with van der Waals surface area (Å²) in [7, 11) is 0. The fourth-order valence-electron chi connectivity index (χ4n) is 3.37. The van der Waals surface area contributed by atoms with Crippen molar-refractivity contribution in [3.63, 3.8) is 0 Å². The molecule has 0 amide bonds. The Hall–Kier alpha value is -0.890.